The molecule has 2 aromatic heterocycles. The van der Waals surface area contributed by atoms with E-state index in [4.69, 9.17) is 0 Å². The first-order valence-corrected chi connectivity index (χ1v) is 10.1. The number of aromatic hydroxyl groups is 1. The largest absolute Gasteiger partial charge is 0.494 e. The summed E-state index contributed by atoms with van der Waals surface area (Å²) in [5.41, 5.74) is 4.53. The van der Waals surface area contributed by atoms with Crippen LogP contribution in [0.25, 0.3) is 28.8 Å². The van der Waals surface area contributed by atoms with E-state index in [9.17, 15) is 9.90 Å². The van der Waals surface area contributed by atoms with Crippen LogP contribution in [-0.4, -0.2) is 21.0 Å². The first-order chi connectivity index (χ1) is 15.6. The molecule has 0 spiro atoms. The molecule has 1 aliphatic heterocycles. The van der Waals surface area contributed by atoms with Crippen LogP contribution in [0, 0.1) is 0 Å². The van der Waals surface area contributed by atoms with E-state index in [1.54, 1.807) is 18.5 Å². The third-order valence-electron chi connectivity index (χ3n) is 5.18. The minimum atomic E-state index is -0.175. The summed E-state index contributed by atoms with van der Waals surface area (Å²) in [7, 11) is 0. The Kier molecular flexibility index (Phi) is 4.84. The van der Waals surface area contributed by atoms with E-state index in [1.165, 1.54) is 6.92 Å². The molecule has 0 radical (unpaired) electrons. The number of benzene rings is 2. The molecule has 7 heteroatoms. The molecule has 0 unspecified atom stereocenters. The van der Waals surface area contributed by atoms with E-state index in [0.29, 0.717) is 16.8 Å². The molecule has 0 bridgehead atoms. The van der Waals surface area contributed by atoms with Crippen molar-refractivity contribution in [1.29, 1.82) is 0 Å². The highest BCUT2D eigenvalue weighted by atomic mass is 16.3. The maximum absolute atomic E-state index is 11.5. The molecule has 5 rings (SSSR count). The zero-order valence-electron chi connectivity index (χ0n) is 17.2. The van der Waals surface area contributed by atoms with Crippen LogP contribution in [0.15, 0.2) is 77.2 Å². The second-order valence-electron chi connectivity index (χ2n) is 7.42. The van der Waals surface area contributed by atoms with Crippen LogP contribution in [0.4, 0.5) is 11.4 Å². The molecule has 3 N–H and O–H groups in total. The quantitative estimate of drug-likeness (QED) is 0.464. The zero-order chi connectivity index (χ0) is 22.1. The number of rotatable bonds is 4. The molecule has 2 aromatic carbocycles. The number of aromatic amines is 1. The van der Waals surface area contributed by atoms with E-state index in [1.807, 2.05) is 60.7 Å². The average molecular weight is 421 g/mol. The van der Waals surface area contributed by atoms with Gasteiger partial charge < -0.3 is 15.4 Å². The summed E-state index contributed by atoms with van der Waals surface area (Å²) >= 11 is 0. The molecular formula is C25H19N5O2. The minimum Gasteiger partial charge on any atom is -0.494 e. The van der Waals surface area contributed by atoms with Gasteiger partial charge in [-0.15, -0.1) is 10.2 Å². The predicted molar refractivity (Wildman–Crippen MR) is 125 cm³/mol. The van der Waals surface area contributed by atoms with Gasteiger partial charge in [0.25, 0.3) is 0 Å². The summed E-state index contributed by atoms with van der Waals surface area (Å²) in [6, 6.07) is 15.2. The average Bonchev–Trinajstić information content (AvgIpc) is 3.34. The van der Waals surface area contributed by atoms with E-state index in [-0.39, 0.29) is 11.8 Å². The highest BCUT2D eigenvalue weighted by Crippen LogP contribution is 2.32. The van der Waals surface area contributed by atoms with Crippen molar-refractivity contribution in [3.05, 3.63) is 88.6 Å². The molecule has 1 amide bonds. The highest BCUT2D eigenvalue weighted by molar-refractivity contribution is 6.03. The summed E-state index contributed by atoms with van der Waals surface area (Å²) in [4.78, 5) is 18.5. The SMILES string of the molecule is CC(=O)Nc1cccc2c(C=c3ccc4c(c3)N=NC=4C=Cc3ccncc3)c(O)[nH]c12. The van der Waals surface area contributed by atoms with Gasteiger partial charge in [0.2, 0.25) is 5.91 Å². The van der Waals surface area contributed by atoms with Crippen molar-refractivity contribution in [1.82, 2.24) is 9.97 Å². The Morgan fingerprint density at radius 2 is 1.91 bits per heavy atom. The summed E-state index contributed by atoms with van der Waals surface area (Å²) in [6.07, 6.45) is 9.28. The zero-order valence-corrected chi connectivity index (χ0v) is 17.2. The van der Waals surface area contributed by atoms with Gasteiger partial charge in [-0.25, -0.2) is 0 Å². The maximum atomic E-state index is 11.5. The number of azo groups is 1. The topological polar surface area (TPSA) is 103 Å². The second kappa shape index (κ2) is 7.96. The normalized spacial score (nSPS) is 13.3. The van der Waals surface area contributed by atoms with Crippen LogP contribution in [-0.2, 0) is 4.79 Å². The van der Waals surface area contributed by atoms with Crippen molar-refractivity contribution in [3.8, 4) is 5.88 Å². The Balaban J connectivity index is 1.55. The van der Waals surface area contributed by atoms with Crippen molar-refractivity contribution >= 4 is 46.0 Å². The van der Waals surface area contributed by atoms with E-state index in [2.05, 4.69) is 25.5 Å². The first-order valence-electron chi connectivity index (χ1n) is 10.1. The molecule has 3 heterocycles. The fraction of sp³-hybridized carbons (Fsp3) is 0.0400. The van der Waals surface area contributed by atoms with Gasteiger partial charge in [-0.1, -0.05) is 24.3 Å². The van der Waals surface area contributed by atoms with Crippen molar-refractivity contribution in [2.45, 2.75) is 6.92 Å². The number of pyridine rings is 1. The predicted octanol–water partition coefficient (Wildman–Crippen LogP) is 3.97. The number of hydrogen-bond donors (Lipinski definition) is 3. The number of carbonyl (C=O) groups is 1. The summed E-state index contributed by atoms with van der Waals surface area (Å²) in [6.45, 7) is 1.45. The molecule has 0 aliphatic carbocycles. The number of H-pyrrole nitrogens is 1. The fourth-order valence-corrected chi connectivity index (χ4v) is 3.70. The number of nitrogens with one attached hydrogen (secondary N) is 2. The number of nitrogens with zero attached hydrogens (tertiary/aromatic N) is 3. The van der Waals surface area contributed by atoms with Crippen molar-refractivity contribution < 1.29 is 9.90 Å². The number of anilines is 1. The van der Waals surface area contributed by atoms with Gasteiger partial charge in [-0.3, -0.25) is 9.78 Å². The van der Waals surface area contributed by atoms with E-state index < -0.39 is 0 Å². The van der Waals surface area contributed by atoms with Crippen LogP contribution >= 0.6 is 0 Å². The lowest BCUT2D eigenvalue weighted by Gasteiger charge is -2.03. The monoisotopic (exact) mass is 421 g/mol. The van der Waals surface area contributed by atoms with Crippen LogP contribution in [0.1, 0.15) is 18.1 Å². The lowest BCUT2D eigenvalue weighted by molar-refractivity contribution is -0.114. The van der Waals surface area contributed by atoms with Crippen LogP contribution in [0.5, 0.6) is 5.88 Å². The van der Waals surface area contributed by atoms with Gasteiger partial charge >= 0.3 is 0 Å². The molecule has 1 aliphatic rings. The molecular weight excluding hydrogens is 402 g/mol. The third-order valence-corrected chi connectivity index (χ3v) is 5.18. The van der Waals surface area contributed by atoms with Crippen molar-refractivity contribution in [2.24, 2.45) is 10.2 Å². The highest BCUT2D eigenvalue weighted by Gasteiger charge is 2.13. The Morgan fingerprint density at radius 1 is 1.06 bits per heavy atom. The molecule has 4 aromatic rings. The molecule has 0 saturated carbocycles. The molecule has 7 nitrogen and oxygen atoms in total. The van der Waals surface area contributed by atoms with Gasteiger partial charge in [-0.05, 0) is 53.3 Å². The van der Waals surface area contributed by atoms with Crippen molar-refractivity contribution in [2.75, 3.05) is 5.32 Å². The Labute approximate surface area is 183 Å². The van der Waals surface area contributed by atoms with E-state index in [0.717, 1.165) is 32.8 Å². The third kappa shape index (κ3) is 3.67. The van der Waals surface area contributed by atoms with Gasteiger partial charge in [0.15, 0.2) is 5.88 Å². The Morgan fingerprint density at radius 3 is 2.72 bits per heavy atom. The van der Waals surface area contributed by atoms with E-state index >= 15 is 0 Å². The molecule has 156 valence electrons. The summed E-state index contributed by atoms with van der Waals surface area (Å²) < 4.78 is 0. The van der Waals surface area contributed by atoms with Crippen LogP contribution < -0.4 is 15.8 Å². The van der Waals surface area contributed by atoms with Gasteiger partial charge in [-0.2, -0.15) is 0 Å². The van der Waals surface area contributed by atoms with Gasteiger partial charge in [0.05, 0.1) is 22.6 Å². The number of amides is 1. The lowest BCUT2D eigenvalue weighted by atomic mass is 10.1. The number of aromatic nitrogens is 2. The van der Waals surface area contributed by atoms with Gasteiger partial charge in [0, 0.05) is 35.5 Å². The summed E-state index contributed by atoms with van der Waals surface area (Å²) in [5.74, 6) is -0.140. The summed E-state index contributed by atoms with van der Waals surface area (Å²) in [5, 5.41) is 24.5. The lowest BCUT2D eigenvalue weighted by Crippen LogP contribution is -2.08. The standard InChI is InChI=1S/C25H19N5O2/c1-15(31)27-22-4-2-3-18-20(25(32)28-24(18)22)13-17-5-7-19-21(29-30-23(19)14-17)8-6-16-9-11-26-12-10-16/h2-14,28,32H,1H3,(H,27,31). The second-order valence-corrected chi connectivity index (χ2v) is 7.42. The molecule has 0 fully saturated rings. The molecule has 32 heavy (non-hydrogen) atoms. The number of para-hydroxylation sites is 1. The Hall–Kier alpha value is -4.52. The first kappa shape index (κ1) is 19.4. The van der Waals surface area contributed by atoms with Crippen LogP contribution in [0.3, 0.4) is 0 Å². The van der Waals surface area contributed by atoms with Crippen molar-refractivity contribution in [3.63, 3.8) is 0 Å². The van der Waals surface area contributed by atoms with Crippen LogP contribution in [0.2, 0.25) is 0 Å². The van der Waals surface area contributed by atoms with Gasteiger partial charge in [0.1, 0.15) is 0 Å². The molecule has 0 saturated heterocycles. The number of fused-ring (bicyclic) bond motifs is 2. The smallest absolute Gasteiger partial charge is 0.221 e. The number of hydrogen-bond acceptors (Lipinski definition) is 5. The number of carbonyl (C=O) groups excluding carboxylic acids is 1. The Bertz CT molecular complexity index is 1530. The molecule has 0 atom stereocenters. The fourth-order valence-electron chi connectivity index (χ4n) is 3.70. The minimum absolute atomic E-state index is 0.0347. The maximum Gasteiger partial charge on any atom is 0.221 e.